The summed E-state index contributed by atoms with van der Waals surface area (Å²) >= 11 is 10.5. The van der Waals surface area contributed by atoms with Gasteiger partial charge in [0.05, 0.1) is 25.2 Å². The van der Waals surface area contributed by atoms with Crippen molar-refractivity contribution in [3.05, 3.63) is 84.2 Å². The summed E-state index contributed by atoms with van der Waals surface area (Å²) in [7, 11) is 2.74. The van der Waals surface area contributed by atoms with E-state index in [9.17, 15) is 14.4 Å². The second-order valence-corrected chi connectivity index (χ2v) is 10.2. The lowest BCUT2D eigenvalue weighted by Crippen LogP contribution is -2.30. The molecule has 4 rings (SSSR count). The van der Waals surface area contributed by atoms with Gasteiger partial charge in [-0.25, -0.2) is 9.59 Å². The molecule has 0 saturated carbocycles. The summed E-state index contributed by atoms with van der Waals surface area (Å²) in [4.78, 5) is 38.1. The molecule has 0 bridgehead atoms. The highest BCUT2D eigenvalue weighted by Crippen LogP contribution is 2.44. The third kappa shape index (κ3) is 5.91. The first kappa shape index (κ1) is 27.0. The number of ether oxygens (including phenoxy) is 3. The highest BCUT2D eigenvalue weighted by molar-refractivity contribution is 9.13. The summed E-state index contributed by atoms with van der Waals surface area (Å²) < 4.78 is 23.7. The van der Waals surface area contributed by atoms with Crippen LogP contribution in [-0.4, -0.2) is 37.0 Å². The van der Waals surface area contributed by atoms with Gasteiger partial charge in [0.2, 0.25) is 5.76 Å². The monoisotopic (exact) mass is 696 g/mol. The molecular weight excluding hydrogens is 680 g/mol. The van der Waals surface area contributed by atoms with E-state index < -0.39 is 17.9 Å². The number of benzene rings is 2. The zero-order chi connectivity index (χ0) is 26.7. The van der Waals surface area contributed by atoms with E-state index in [-0.39, 0.29) is 23.8 Å². The molecule has 9 nitrogen and oxygen atoms in total. The molecular formula is C25H19Br3N2O7. The van der Waals surface area contributed by atoms with Crippen molar-refractivity contribution in [2.45, 2.75) is 13.2 Å². The van der Waals surface area contributed by atoms with Crippen molar-refractivity contribution in [3.8, 4) is 11.5 Å². The molecule has 1 aliphatic rings. The van der Waals surface area contributed by atoms with E-state index in [0.29, 0.717) is 32.6 Å². The van der Waals surface area contributed by atoms with Crippen molar-refractivity contribution >= 4 is 71.8 Å². The number of urea groups is 1. The average molecular weight is 699 g/mol. The number of furan rings is 1. The minimum absolute atomic E-state index is 0.0244. The van der Waals surface area contributed by atoms with Crippen molar-refractivity contribution in [1.82, 2.24) is 10.2 Å². The summed E-state index contributed by atoms with van der Waals surface area (Å²) in [5.41, 5.74) is 1.59. The van der Waals surface area contributed by atoms with Crippen molar-refractivity contribution in [1.29, 1.82) is 0 Å². The Kier molecular flexibility index (Phi) is 8.40. The highest BCUT2D eigenvalue weighted by atomic mass is 79.9. The standard InChI is InChI=1S/C25H19Br3N2O7/c1-34-19-10-14(20(27)21(28)22(19)36-12-13-3-5-15(26)6-4-13)9-17-23(31)30(25(33)29-17)11-16-7-8-18(37-16)24(32)35-2/h3-10H,11-12H2,1-2H3,(H,29,33)/b17-9-. The minimum Gasteiger partial charge on any atom is -0.493 e. The molecule has 3 aromatic rings. The number of methoxy groups -OCH3 is 2. The molecule has 0 spiro atoms. The number of nitrogens with one attached hydrogen (secondary N) is 1. The maximum atomic E-state index is 13.0. The van der Waals surface area contributed by atoms with E-state index in [1.807, 2.05) is 24.3 Å². The lowest BCUT2D eigenvalue weighted by atomic mass is 10.1. The van der Waals surface area contributed by atoms with Gasteiger partial charge >= 0.3 is 12.0 Å². The smallest absolute Gasteiger partial charge is 0.373 e. The molecule has 1 N–H and O–H groups in total. The van der Waals surface area contributed by atoms with Crippen LogP contribution in [0.3, 0.4) is 0 Å². The summed E-state index contributed by atoms with van der Waals surface area (Å²) in [6.45, 7) is 0.152. The summed E-state index contributed by atoms with van der Waals surface area (Å²) in [5.74, 6) is -0.0800. The Morgan fingerprint density at radius 2 is 1.78 bits per heavy atom. The fraction of sp³-hybridized carbons (Fsp3) is 0.160. The van der Waals surface area contributed by atoms with Crippen LogP contribution in [0, 0.1) is 0 Å². The van der Waals surface area contributed by atoms with Crippen LogP contribution in [0.15, 0.2) is 66.0 Å². The van der Waals surface area contributed by atoms with Gasteiger partial charge in [-0.1, -0.05) is 28.1 Å². The van der Waals surface area contributed by atoms with Gasteiger partial charge in [-0.05, 0) is 79.4 Å². The molecule has 1 aromatic heterocycles. The van der Waals surface area contributed by atoms with Crippen LogP contribution in [0.4, 0.5) is 4.79 Å². The van der Waals surface area contributed by atoms with Crippen LogP contribution < -0.4 is 14.8 Å². The lowest BCUT2D eigenvalue weighted by Gasteiger charge is -2.16. The Labute approximate surface area is 237 Å². The normalized spacial score (nSPS) is 14.2. The van der Waals surface area contributed by atoms with Gasteiger partial charge in [-0.3, -0.25) is 9.69 Å². The molecule has 0 radical (unpaired) electrons. The van der Waals surface area contributed by atoms with Crippen molar-refractivity contribution < 1.29 is 33.0 Å². The minimum atomic E-state index is -0.655. The number of carbonyl (C=O) groups is 3. The van der Waals surface area contributed by atoms with Crippen LogP contribution in [-0.2, 0) is 22.7 Å². The molecule has 1 saturated heterocycles. The molecule has 192 valence electrons. The quantitative estimate of drug-likeness (QED) is 0.174. The Morgan fingerprint density at radius 1 is 1.05 bits per heavy atom. The van der Waals surface area contributed by atoms with E-state index in [1.165, 1.54) is 32.4 Å². The first-order valence-corrected chi connectivity index (χ1v) is 13.0. The molecule has 12 heteroatoms. The number of hydrogen-bond acceptors (Lipinski definition) is 7. The fourth-order valence-corrected chi connectivity index (χ4v) is 4.64. The summed E-state index contributed by atoms with van der Waals surface area (Å²) in [5, 5.41) is 2.57. The molecule has 37 heavy (non-hydrogen) atoms. The second kappa shape index (κ2) is 11.5. The SMILES string of the molecule is COC(=O)c1ccc(CN2C(=O)N/C(=C\c3cc(OC)c(OCc4ccc(Br)cc4)c(Br)c3Br)C2=O)o1. The van der Waals surface area contributed by atoms with Gasteiger partial charge < -0.3 is 23.9 Å². The maximum Gasteiger partial charge on any atom is 0.373 e. The number of amides is 3. The summed E-state index contributed by atoms with van der Waals surface area (Å²) in [6.07, 6.45) is 1.53. The lowest BCUT2D eigenvalue weighted by molar-refractivity contribution is -0.123. The number of hydrogen-bond donors (Lipinski definition) is 1. The van der Waals surface area contributed by atoms with Gasteiger partial charge in [0.25, 0.3) is 5.91 Å². The number of nitrogens with zero attached hydrogens (tertiary/aromatic N) is 1. The van der Waals surface area contributed by atoms with Gasteiger partial charge in [0.1, 0.15) is 18.1 Å². The molecule has 2 aromatic carbocycles. The first-order chi connectivity index (χ1) is 17.7. The Hall–Kier alpha value is -3.09. The van der Waals surface area contributed by atoms with E-state index >= 15 is 0 Å². The maximum absolute atomic E-state index is 13.0. The van der Waals surface area contributed by atoms with Crippen molar-refractivity contribution in [2.75, 3.05) is 14.2 Å². The number of esters is 1. The predicted molar refractivity (Wildman–Crippen MR) is 144 cm³/mol. The van der Waals surface area contributed by atoms with E-state index in [1.54, 1.807) is 6.07 Å². The molecule has 0 aliphatic carbocycles. The topological polar surface area (TPSA) is 107 Å². The van der Waals surface area contributed by atoms with Crippen molar-refractivity contribution in [3.63, 3.8) is 0 Å². The zero-order valence-electron chi connectivity index (χ0n) is 19.5. The Morgan fingerprint density at radius 3 is 2.46 bits per heavy atom. The second-order valence-electron chi connectivity index (χ2n) is 7.68. The van der Waals surface area contributed by atoms with E-state index in [4.69, 9.17) is 13.9 Å². The molecule has 1 aliphatic heterocycles. The van der Waals surface area contributed by atoms with Gasteiger partial charge in [0, 0.05) is 8.95 Å². The number of imide groups is 1. The van der Waals surface area contributed by atoms with Gasteiger partial charge in [-0.2, -0.15) is 0 Å². The molecule has 3 amide bonds. The number of halogens is 3. The Bertz CT molecular complexity index is 1400. The van der Waals surface area contributed by atoms with Crippen LogP contribution in [0.25, 0.3) is 6.08 Å². The van der Waals surface area contributed by atoms with Crippen LogP contribution in [0.1, 0.15) is 27.4 Å². The number of rotatable bonds is 8. The number of carbonyl (C=O) groups excluding carboxylic acids is 3. The molecule has 0 unspecified atom stereocenters. The average Bonchev–Trinajstić information content (AvgIpc) is 3.47. The molecule has 2 heterocycles. The summed E-state index contributed by atoms with van der Waals surface area (Å²) in [6, 6.07) is 11.7. The van der Waals surface area contributed by atoms with Gasteiger partial charge in [-0.15, -0.1) is 0 Å². The zero-order valence-corrected chi connectivity index (χ0v) is 24.2. The largest absolute Gasteiger partial charge is 0.493 e. The fourth-order valence-electron chi connectivity index (χ4n) is 3.43. The van der Waals surface area contributed by atoms with Crippen molar-refractivity contribution in [2.24, 2.45) is 0 Å². The molecule has 0 atom stereocenters. The third-order valence-corrected chi connectivity index (χ3v) is 7.97. The predicted octanol–water partition coefficient (Wildman–Crippen LogP) is 6.03. The van der Waals surface area contributed by atoms with Gasteiger partial charge in [0.15, 0.2) is 11.5 Å². The van der Waals surface area contributed by atoms with Crippen LogP contribution in [0.2, 0.25) is 0 Å². The molecule has 1 fully saturated rings. The Balaban J connectivity index is 1.55. The van der Waals surface area contributed by atoms with E-state index in [2.05, 4.69) is 57.8 Å². The van der Waals surface area contributed by atoms with Crippen LogP contribution >= 0.6 is 47.8 Å². The third-order valence-electron chi connectivity index (χ3n) is 5.30. The highest BCUT2D eigenvalue weighted by Gasteiger charge is 2.34. The first-order valence-electron chi connectivity index (χ1n) is 10.7. The van der Waals surface area contributed by atoms with Crippen LogP contribution in [0.5, 0.6) is 11.5 Å². The van der Waals surface area contributed by atoms with E-state index in [0.717, 1.165) is 14.9 Å².